The molecule has 1 aromatic rings. The first-order chi connectivity index (χ1) is 8.02. The Hall–Kier alpha value is -0.390. The highest BCUT2D eigenvalue weighted by molar-refractivity contribution is 9.10. The molecule has 0 aromatic heterocycles. The van der Waals surface area contributed by atoms with Crippen LogP contribution >= 0.6 is 15.9 Å². The van der Waals surface area contributed by atoms with Gasteiger partial charge in [-0.25, -0.2) is 8.42 Å². The van der Waals surface area contributed by atoms with E-state index in [1.807, 2.05) is 31.3 Å². The molecule has 17 heavy (non-hydrogen) atoms. The van der Waals surface area contributed by atoms with Gasteiger partial charge in [-0.3, -0.25) is 0 Å². The van der Waals surface area contributed by atoms with E-state index >= 15 is 0 Å². The normalized spacial score (nSPS) is 24.7. The van der Waals surface area contributed by atoms with Gasteiger partial charge in [-0.1, -0.05) is 28.1 Å². The fraction of sp³-hybridized carbons (Fsp3) is 0.500. The second-order valence-corrected chi connectivity index (χ2v) is 7.63. The predicted molar refractivity (Wildman–Crippen MR) is 72.7 cm³/mol. The lowest BCUT2D eigenvalue weighted by molar-refractivity contribution is 0.418. The molecule has 0 bridgehead atoms. The molecule has 1 fully saturated rings. The molecule has 94 valence electrons. The number of benzene rings is 1. The molecule has 2 atom stereocenters. The van der Waals surface area contributed by atoms with Crippen molar-refractivity contribution in [3.05, 3.63) is 34.3 Å². The average Bonchev–Trinajstić information content (AvgIpc) is 2.63. The summed E-state index contributed by atoms with van der Waals surface area (Å²) < 4.78 is 24.1. The van der Waals surface area contributed by atoms with Gasteiger partial charge in [0.25, 0.3) is 0 Å². The molecule has 1 N–H and O–H groups in total. The monoisotopic (exact) mass is 317 g/mol. The number of halogens is 1. The van der Waals surface area contributed by atoms with E-state index in [-0.39, 0.29) is 12.0 Å². The Morgan fingerprint density at radius 2 is 2.00 bits per heavy atom. The molecule has 1 aromatic carbocycles. The van der Waals surface area contributed by atoms with Crippen LogP contribution in [0.15, 0.2) is 28.7 Å². The number of hydrogen-bond acceptors (Lipinski definition) is 3. The second-order valence-electron chi connectivity index (χ2n) is 4.48. The van der Waals surface area contributed by atoms with Crippen LogP contribution in [0.2, 0.25) is 0 Å². The van der Waals surface area contributed by atoms with Crippen LogP contribution in [0.5, 0.6) is 0 Å². The van der Waals surface area contributed by atoms with Gasteiger partial charge < -0.3 is 5.32 Å². The molecule has 3 nitrogen and oxygen atoms in total. The van der Waals surface area contributed by atoms with Crippen LogP contribution in [0.25, 0.3) is 0 Å². The predicted octanol–water partition coefficient (Wildman–Crippen LogP) is 2.14. The maximum atomic E-state index is 11.5. The molecule has 1 aliphatic heterocycles. The summed E-state index contributed by atoms with van der Waals surface area (Å²) in [6.07, 6.45) is 0.754. The lowest BCUT2D eigenvalue weighted by Gasteiger charge is -2.22. The van der Waals surface area contributed by atoms with E-state index in [9.17, 15) is 8.42 Å². The van der Waals surface area contributed by atoms with Gasteiger partial charge in [-0.15, -0.1) is 0 Å². The summed E-state index contributed by atoms with van der Waals surface area (Å²) >= 11 is 3.40. The van der Waals surface area contributed by atoms with E-state index in [1.54, 1.807) is 0 Å². The van der Waals surface area contributed by atoms with Crippen LogP contribution in [0.4, 0.5) is 0 Å². The minimum Gasteiger partial charge on any atom is -0.313 e. The summed E-state index contributed by atoms with van der Waals surface area (Å²) in [6.45, 7) is 0. The van der Waals surface area contributed by atoms with Crippen LogP contribution in [0.1, 0.15) is 18.0 Å². The first kappa shape index (κ1) is 13.1. The molecule has 0 aliphatic carbocycles. The number of nitrogens with one attached hydrogen (secondary N) is 1. The second kappa shape index (κ2) is 5.08. The lowest BCUT2D eigenvalue weighted by atomic mass is 9.93. The molecule has 0 saturated carbocycles. The van der Waals surface area contributed by atoms with E-state index in [0.717, 1.165) is 16.5 Å². The average molecular weight is 318 g/mol. The number of sulfone groups is 1. The minimum absolute atomic E-state index is 0.125. The third-order valence-electron chi connectivity index (χ3n) is 3.28. The maximum absolute atomic E-state index is 11.5. The quantitative estimate of drug-likeness (QED) is 0.929. The zero-order valence-electron chi connectivity index (χ0n) is 9.69. The van der Waals surface area contributed by atoms with Crippen LogP contribution in [0, 0.1) is 5.92 Å². The van der Waals surface area contributed by atoms with Gasteiger partial charge in [0.05, 0.1) is 11.5 Å². The van der Waals surface area contributed by atoms with E-state index in [2.05, 4.69) is 21.2 Å². The number of hydrogen-bond donors (Lipinski definition) is 1. The summed E-state index contributed by atoms with van der Waals surface area (Å²) in [7, 11) is -0.929. The fourth-order valence-electron chi connectivity index (χ4n) is 2.43. The minimum atomic E-state index is -2.82. The Bertz CT molecular complexity index is 484. The Balaban J connectivity index is 2.20. The molecular weight excluding hydrogens is 302 g/mol. The first-order valence-corrected chi connectivity index (χ1v) is 8.26. The van der Waals surface area contributed by atoms with Crippen molar-refractivity contribution in [1.29, 1.82) is 0 Å². The van der Waals surface area contributed by atoms with Crippen molar-refractivity contribution in [2.45, 2.75) is 12.5 Å². The van der Waals surface area contributed by atoms with Crippen molar-refractivity contribution in [2.24, 2.45) is 5.92 Å². The Kier molecular flexibility index (Phi) is 3.90. The molecule has 0 radical (unpaired) electrons. The summed E-state index contributed by atoms with van der Waals surface area (Å²) in [5.41, 5.74) is 1.15. The highest BCUT2D eigenvalue weighted by Gasteiger charge is 2.33. The highest BCUT2D eigenvalue weighted by atomic mass is 79.9. The molecule has 1 saturated heterocycles. The third kappa shape index (κ3) is 3.09. The molecule has 0 spiro atoms. The third-order valence-corrected chi connectivity index (χ3v) is 5.60. The van der Waals surface area contributed by atoms with Crippen molar-refractivity contribution in [2.75, 3.05) is 18.6 Å². The molecule has 2 unspecified atom stereocenters. The molecule has 1 aliphatic rings. The summed E-state index contributed by atoms with van der Waals surface area (Å²) in [6, 6.07) is 8.18. The summed E-state index contributed by atoms with van der Waals surface area (Å²) in [4.78, 5) is 0. The van der Waals surface area contributed by atoms with Crippen molar-refractivity contribution in [1.82, 2.24) is 5.32 Å². The van der Waals surface area contributed by atoms with Gasteiger partial charge in [0.15, 0.2) is 9.84 Å². The molecular formula is C12H16BrNO2S. The Morgan fingerprint density at radius 1 is 1.35 bits per heavy atom. The smallest absolute Gasteiger partial charge is 0.150 e. The van der Waals surface area contributed by atoms with Gasteiger partial charge in [-0.05, 0) is 37.1 Å². The topological polar surface area (TPSA) is 46.2 Å². The van der Waals surface area contributed by atoms with Crippen molar-refractivity contribution >= 4 is 25.8 Å². The zero-order chi connectivity index (χ0) is 12.5. The molecule has 1 heterocycles. The highest BCUT2D eigenvalue weighted by Crippen LogP contribution is 2.31. The SMILES string of the molecule is CNC(c1ccc(Br)cc1)C1CCS(=O)(=O)C1. The van der Waals surface area contributed by atoms with Crippen LogP contribution in [-0.2, 0) is 9.84 Å². The molecule has 0 amide bonds. The van der Waals surface area contributed by atoms with E-state index in [0.29, 0.717) is 11.5 Å². The van der Waals surface area contributed by atoms with Crippen LogP contribution in [-0.4, -0.2) is 27.0 Å². The maximum Gasteiger partial charge on any atom is 0.150 e. The number of rotatable bonds is 3. The van der Waals surface area contributed by atoms with Crippen molar-refractivity contribution < 1.29 is 8.42 Å². The summed E-state index contributed by atoms with van der Waals surface area (Å²) in [5, 5.41) is 3.24. The van der Waals surface area contributed by atoms with Gasteiger partial charge >= 0.3 is 0 Å². The Morgan fingerprint density at radius 3 is 2.47 bits per heavy atom. The first-order valence-electron chi connectivity index (χ1n) is 5.65. The van der Waals surface area contributed by atoms with E-state index < -0.39 is 9.84 Å². The van der Waals surface area contributed by atoms with E-state index in [4.69, 9.17) is 0 Å². The summed E-state index contributed by atoms with van der Waals surface area (Å²) in [5.74, 6) is 0.812. The Labute approximate surface area is 111 Å². The zero-order valence-corrected chi connectivity index (χ0v) is 12.1. The standard InChI is InChI=1S/C12H16BrNO2S/c1-14-12(9-2-4-11(13)5-3-9)10-6-7-17(15,16)8-10/h2-5,10,12,14H,6-8H2,1H3. The molecule has 2 rings (SSSR count). The largest absolute Gasteiger partial charge is 0.313 e. The van der Waals surface area contributed by atoms with Gasteiger partial charge in [0.2, 0.25) is 0 Å². The van der Waals surface area contributed by atoms with Gasteiger partial charge in [0.1, 0.15) is 0 Å². The van der Waals surface area contributed by atoms with Crippen LogP contribution in [0.3, 0.4) is 0 Å². The van der Waals surface area contributed by atoms with Crippen LogP contribution < -0.4 is 5.32 Å². The van der Waals surface area contributed by atoms with Gasteiger partial charge in [0, 0.05) is 10.5 Å². The van der Waals surface area contributed by atoms with Crippen molar-refractivity contribution in [3.63, 3.8) is 0 Å². The lowest BCUT2D eigenvalue weighted by Crippen LogP contribution is -2.26. The fourth-order valence-corrected chi connectivity index (χ4v) is 4.54. The van der Waals surface area contributed by atoms with Gasteiger partial charge in [-0.2, -0.15) is 0 Å². The van der Waals surface area contributed by atoms with E-state index in [1.165, 1.54) is 0 Å². The molecule has 5 heteroatoms. The van der Waals surface area contributed by atoms with Crippen molar-refractivity contribution in [3.8, 4) is 0 Å².